The third kappa shape index (κ3) is 5.83. The topological polar surface area (TPSA) is 73.6 Å². The first-order valence-electron chi connectivity index (χ1n) is 7.16. The second-order valence-electron chi connectivity index (χ2n) is 5.82. The number of amides is 1. The molecular formula is C16H19ClN2O4. The number of alkyl carbamates (subject to hydrolysis) is 1. The molecule has 1 heterocycles. The number of carbonyl (C=O) groups excluding carboxylic acids is 1. The summed E-state index contributed by atoms with van der Waals surface area (Å²) in [5.74, 6) is 0.897. The van der Waals surface area contributed by atoms with Gasteiger partial charge in [0.25, 0.3) is 5.88 Å². The van der Waals surface area contributed by atoms with Crippen molar-refractivity contribution in [3.05, 3.63) is 35.4 Å². The molecule has 0 saturated heterocycles. The third-order valence-corrected chi connectivity index (χ3v) is 2.85. The van der Waals surface area contributed by atoms with Crippen LogP contribution >= 0.6 is 11.6 Å². The molecule has 7 heteroatoms. The summed E-state index contributed by atoms with van der Waals surface area (Å²) in [5, 5.41) is 7.02. The summed E-state index contributed by atoms with van der Waals surface area (Å²) in [5.41, 5.74) is 0.287. The number of benzene rings is 1. The van der Waals surface area contributed by atoms with Gasteiger partial charge < -0.3 is 19.3 Å². The molecule has 0 unspecified atom stereocenters. The van der Waals surface area contributed by atoms with Gasteiger partial charge in [0, 0.05) is 16.7 Å². The average molecular weight is 339 g/mol. The van der Waals surface area contributed by atoms with Crippen molar-refractivity contribution in [2.75, 3.05) is 13.2 Å². The number of rotatable bonds is 5. The van der Waals surface area contributed by atoms with E-state index in [0.717, 1.165) is 5.56 Å². The van der Waals surface area contributed by atoms with Crippen LogP contribution in [0.15, 0.2) is 34.9 Å². The first-order valence-corrected chi connectivity index (χ1v) is 7.53. The van der Waals surface area contributed by atoms with E-state index in [0.29, 0.717) is 23.2 Å². The molecule has 1 amide bonds. The first-order chi connectivity index (χ1) is 10.8. The molecule has 1 aromatic carbocycles. The molecule has 124 valence electrons. The third-order valence-electron chi connectivity index (χ3n) is 2.62. The molecule has 0 saturated carbocycles. The maximum atomic E-state index is 11.5. The van der Waals surface area contributed by atoms with Gasteiger partial charge in [-0.05, 0) is 38.1 Å². The van der Waals surface area contributed by atoms with Gasteiger partial charge in [-0.25, -0.2) is 4.79 Å². The van der Waals surface area contributed by atoms with Crippen molar-refractivity contribution >= 4 is 17.7 Å². The van der Waals surface area contributed by atoms with Crippen LogP contribution in [0, 0.1) is 0 Å². The number of nitrogens with zero attached hydrogens (tertiary/aromatic N) is 1. The Balaban J connectivity index is 1.78. The summed E-state index contributed by atoms with van der Waals surface area (Å²) in [7, 11) is 0. The highest BCUT2D eigenvalue weighted by atomic mass is 35.5. The lowest BCUT2D eigenvalue weighted by atomic mass is 10.2. The molecule has 6 nitrogen and oxygen atoms in total. The number of nitrogens with one attached hydrogen (secondary N) is 1. The lowest BCUT2D eigenvalue weighted by Crippen LogP contribution is -2.34. The van der Waals surface area contributed by atoms with Crippen LogP contribution in [-0.4, -0.2) is 30.0 Å². The minimum absolute atomic E-state index is 0.251. The fourth-order valence-corrected chi connectivity index (χ4v) is 1.92. The predicted octanol–water partition coefficient (Wildman–Crippen LogP) is 3.90. The minimum atomic E-state index is -0.525. The van der Waals surface area contributed by atoms with Gasteiger partial charge in [0.1, 0.15) is 12.2 Å². The van der Waals surface area contributed by atoms with Crippen molar-refractivity contribution in [1.82, 2.24) is 10.5 Å². The Hall–Kier alpha value is -2.21. The SMILES string of the molecule is CC(C)(C)OC(=O)NCCOc1cc(-c2cccc(Cl)c2)on1. The Morgan fingerprint density at radius 3 is 2.83 bits per heavy atom. The molecular weight excluding hydrogens is 320 g/mol. The molecule has 0 radical (unpaired) electrons. The summed E-state index contributed by atoms with van der Waals surface area (Å²) in [6.07, 6.45) is -0.485. The quantitative estimate of drug-likeness (QED) is 0.837. The van der Waals surface area contributed by atoms with Gasteiger partial charge in [0.05, 0.1) is 6.54 Å². The number of hydrogen-bond acceptors (Lipinski definition) is 5. The molecule has 0 fully saturated rings. The molecule has 1 aromatic heterocycles. The maximum Gasteiger partial charge on any atom is 0.407 e. The number of ether oxygens (including phenoxy) is 2. The standard InChI is InChI=1S/C16H19ClN2O4/c1-16(2,3)22-15(20)18-7-8-21-14-10-13(23-19-14)11-5-4-6-12(17)9-11/h4-6,9-10H,7-8H2,1-3H3,(H,18,20). The Kier molecular flexibility index (Phi) is 5.50. The highest BCUT2D eigenvalue weighted by Gasteiger charge is 2.15. The van der Waals surface area contributed by atoms with E-state index < -0.39 is 11.7 Å². The Labute approximate surface area is 139 Å². The molecule has 0 atom stereocenters. The lowest BCUT2D eigenvalue weighted by Gasteiger charge is -2.19. The van der Waals surface area contributed by atoms with E-state index in [-0.39, 0.29) is 6.61 Å². The van der Waals surface area contributed by atoms with E-state index in [1.807, 2.05) is 12.1 Å². The van der Waals surface area contributed by atoms with Gasteiger partial charge in [-0.2, -0.15) is 0 Å². The van der Waals surface area contributed by atoms with Gasteiger partial charge in [-0.3, -0.25) is 0 Å². The fourth-order valence-electron chi connectivity index (χ4n) is 1.73. The van der Waals surface area contributed by atoms with Crippen molar-refractivity contribution in [2.24, 2.45) is 0 Å². The van der Waals surface area contributed by atoms with Gasteiger partial charge >= 0.3 is 6.09 Å². The summed E-state index contributed by atoms with van der Waals surface area (Å²) in [6, 6.07) is 8.90. The van der Waals surface area contributed by atoms with E-state index in [4.69, 9.17) is 25.6 Å². The van der Waals surface area contributed by atoms with E-state index >= 15 is 0 Å². The summed E-state index contributed by atoms with van der Waals surface area (Å²) in [6.45, 7) is 5.95. The number of hydrogen-bond donors (Lipinski definition) is 1. The predicted molar refractivity (Wildman–Crippen MR) is 86.7 cm³/mol. The fraction of sp³-hybridized carbons (Fsp3) is 0.375. The summed E-state index contributed by atoms with van der Waals surface area (Å²) < 4.78 is 15.7. The zero-order valence-electron chi connectivity index (χ0n) is 13.3. The molecule has 0 bridgehead atoms. The normalized spacial score (nSPS) is 11.1. The first kappa shape index (κ1) is 17.1. The lowest BCUT2D eigenvalue weighted by molar-refractivity contribution is 0.0519. The molecule has 23 heavy (non-hydrogen) atoms. The maximum absolute atomic E-state index is 11.5. The van der Waals surface area contributed by atoms with Crippen molar-refractivity contribution in [3.8, 4) is 17.2 Å². The average Bonchev–Trinajstić information content (AvgIpc) is 2.90. The van der Waals surface area contributed by atoms with Crippen molar-refractivity contribution in [2.45, 2.75) is 26.4 Å². The number of halogens is 1. The Bertz CT molecular complexity index is 664. The highest BCUT2D eigenvalue weighted by Crippen LogP contribution is 2.25. The summed E-state index contributed by atoms with van der Waals surface area (Å²) in [4.78, 5) is 11.5. The van der Waals surface area contributed by atoms with Crippen LogP contribution < -0.4 is 10.1 Å². The van der Waals surface area contributed by atoms with E-state index in [1.165, 1.54) is 0 Å². The second-order valence-corrected chi connectivity index (χ2v) is 6.25. The minimum Gasteiger partial charge on any atom is -0.474 e. The summed E-state index contributed by atoms with van der Waals surface area (Å²) >= 11 is 5.93. The van der Waals surface area contributed by atoms with Gasteiger partial charge in [0.2, 0.25) is 0 Å². The zero-order chi connectivity index (χ0) is 16.9. The molecule has 0 aliphatic heterocycles. The molecule has 2 rings (SSSR count). The van der Waals surface area contributed by atoms with Crippen LogP contribution in [0.3, 0.4) is 0 Å². The largest absolute Gasteiger partial charge is 0.474 e. The second kappa shape index (κ2) is 7.37. The molecule has 2 aromatic rings. The number of carbonyl (C=O) groups is 1. The van der Waals surface area contributed by atoms with Crippen LogP contribution in [-0.2, 0) is 4.74 Å². The van der Waals surface area contributed by atoms with Crippen molar-refractivity contribution < 1.29 is 18.8 Å². The van der Waals surface area contributed by atoms with E-state index in [1.54, 1.807) is 39.0 Å². The zero-order valence-corrected chi connectivity index (χ0v) is 14.0. The van der Waals surface area contributed by atoms with Crippen molar-refractivity contribution in [3.63, 3.8) is 0 Å². The molecule has 0 aliphatic carbocycles. The number of aromatic nitrogens is 1. The molecule has 1 N–H and O–H groups in total. The van der Waals surface area contributed by atoms with Crippen LogP contribution in [0.1, 0.15) is 20.8 Å². The van der Waals surface area contributed by atoms with Crippen LogP contribution in [0.2, 0.25) is 5.02 Å². The van der Waals surface area contributed by atoms with Gasteiger partial charge in [-0.1, -0.05) is 23.7 Å². The Morgan fingerprint density at radius 1 is 1.35 bits per heavy atom. The van der Waals surface area contributed by atoms with Crippen LogP contribution in [0.5, 0.6) is 5.88 Å². The molecule has 0 spiro atoms. The monoisotopic (exact) mass is 338 g/mol. The van der Waals surface area contributed by atoms with E-state index in [2.05, 4.69) is 10.5 Å². The van der Waals surface area contributed by atoms with Crippen LogP contribution in [0.4, 0.5) is 4.79 Å². The van der Waals surface area contributed by atoms with Gasteiger partial charge in [0.15, 0.2) is 5.76 Å². The van der Waals surface area contributed by atoms with Gasteiger partial charge in [-0.15, -0.1) is 0 Å². The molecule has 0 aliphatic rings. The smallest absolute Gasteiger partial charge is 0.407 e. The van der Waals surface area contributed by atoms with Crippen LogP contribution in [0.25, 0.3) is 11.3 Å². The van der Waals surface area contributed by atoms with Crippen molar-refractivity contribution in [1.29, 1.82) is 0 Å². The highest BCUT2D eigenvalue weighted by molar-refractivity contribution is 6.30. The van der Waals surface area contributed by atoms with E-state index in [9.17, 15) is 4.79 Å². The Morgan fingerprint density at radius 2 is 2.13 bits per heavy atom.